The molecule has 1 aromatic heterocycles. The van der Waals surface area contributed by atoms with Gasteiger partial charge in [0.25, 0.3) is 5.91 Å². The Morgan fingerprint density at radius 2 is 2.47 bits per heavy atom. The number of rotatable bonds is 3. The molecule has 0 fully saturated rings. The van der Waals surface area contributed by atoms with Crippen LogP contribution in [0.25, 0.3) is 0 Å². The third kappa shape index (κ3) is 2.04. The minimum absolute atomic E-state index is 0.300. The van der Waals surface area contributed by atoms with Crippen LogP contribution >= 0.6 is 0 Å². The number of carboxylic acid groups (broad SMARTS) is 1. The molecule has 2 heterocycles. The second-order valence-electron chi connectivity index (χ2n) is 3.48. The van der Waals surface area contributed by atoms with Crippen molar-refractivity contribution >= 4 is 17.7 Å². The van der Waals surface area contributed by atoms with Gasteiger partial charge in [0.1, 0.15) is 0 Å². The molecule has 0 aliphatic carbocycles. The fourth-order valence-electron chi connectivity index (χ4n) is 1.58. The van der Waals surface area contributed by atoms with Gasteiger partial charge in [0.2, 0.25) is 6.10 Å². The SMILES string of the molecule is CNC(C(=O)O)C1Oc2cccnc2NC1=O. The smallest absolute Gasteiger partial charge is 0.325 e. The van der Waals surface area contributed by atoms with E-state index < -0.39 is 24.0 Å². The van der Waals surface area contributed by atoms with Crippen LogP contribution in [0.1, 0.15) is 0 Å². The van der Waals surface area contributed by atoms with Crippen molar-refractivity contribution in [3.8, 4) is 5.75 Å². The summed E-state index contributed by atoms with van der Waals surface area (Å²) in [5, 5.41) is 14.0. The zero-order chi connectivity index (χ0) is 12.4. The first-order valence-electron chi connectivity index (χ1n) is 4.96. The van der Waals surface area contributed by atoms with Gasteiger partial charge in [-0.3, -0.25) is 9.59 Å². The van der Waals surface area contributed by atoms with Crippen molar-refractivity contribution < 1.29 is 19.4 Å². The molecule has 2 rings (SSSR count). The lowest BCUT2D eigenvalue weighted by atomic mass is 10.1. The number of hydrogen-bond acceptors (Lipinski definition) is 5. The van der Waals surface area contributed by atoms with Gasteiger partial charge in [0, 0.05) is 6.20 Å². The Kier molecular flexibility index (Phi) is 2.92. The molecule has 90 valence electrons. The zero-order valence-corrected chi connectivity index (χ0v) is 9.01. The summed E-state index contributed by atoms with van der Waals surface area (Å²) >= 11 is 0. The molecular formula is C10H11N3O4. The van der Waals surface area contributed by atoms with Gasteiger partial charge in [0.05, 0.1) is 0 Å². The number of ether oxygens (including phenoxy) is 1. The number of carbonyl (C=O) groups excluding carboxylic acids is 1. The summed E-state index contributed by atoms with van der Waals surface area (Å²) in [6, 6.07) is 2.15. The number of anilines is 1. The molecule has 0 radical (unpaired) electrons. The van der Waals surface area contributed by atoms with E-state index in [1.54, 1.807) is 12.1 Å². The molecule has 1 aromatic rings. The van der Waals surface area contributed by atoms with Crippen LogP contribution in [-0.2, 0) is 9.59 Å². The van der Waals surface area contributed by atoms with Gasteiger partial charge in [-0.25, -0.2) is 4.98 Å². The second-order valence-corrected chi connectivity index (χ2v) is 3.48. The largest absolute Gasteiger partial charge is 0.480 e. The molecule has 2 unspecified atom stereocenters. The normalized spacial score (nSPS) is 19.8. The molecule has 1 aliphatic rings. The van der Waals surface area contributed by atoms with E-state index >= 15 is 0 Å². The molecule has 0 saturated heterocycles. The number of aromatic nitrogens is 1. The van der Waals surface area contributed by atoms with Gasteiger partial charge in [-0.2, -0.15) is 0 Å². The van der Waals surface area contributed by atoms with Crippen molar-refractivity contribution in [3.63, 3.8) is 0 Å². The van der Waals surface area contributed by atoms with Crippen molar-refractivity contribution in [1.29, 1.82) is 0 Å². The number of fused-ring (bicyclic) bond motifs is 1. The summed E-state index contributed by atoms with van der Waals surface area (Å²) in [4.78, 5) is 26.5. The molecule has 7 nitrogen and oxygen atoms in total. The van der Waals surface area contributed by atoms with Crippen molar-refractivity contribution in [1.82, 2.24) is 10.3 Å². The molecular weight excluding hydrogens is 226 g/mol. The first-order valence-corrected chi connectivity index (χ1v) is 4.96. The van der Waals surface area contributed by atoms with Crippen LogP contribution in [0.4, 0.5) is 5.82 Å². The first-order chi connectivity index (χ1) is 8.13. The van der Waals surface area contributed by atoms with E-state index in [-0.39, 0.29) is 0 Å². The molecule has 2 atom stereocenters. The monoisotopic (exact) mass is 237 g/mol. The summed E-state index contributed by atoms with van der Waals surface area (Å²) in [5.41, 5.74) is 0. The van der Waals surface area contributed by atoms with Gasteiger partial charge < -0.3 is 20.5 Å². The number of aliphatic carboxylic acids is 1. The fourth-order valence-corrected chi connectivity index (χ4v) is 1.58. The number of likely N-dealkylation sites (N-methyl/N-ethyl adjacent to an activating group) is 1. The lowest BCUT2D eigenvalue weighted by molar-refractivity contribution is -0.145. The van der Waals surface area contributed by atoms with Gasteiger partial charge in [-0.05, 0) is 19.2 Å². The zero-order valence-electron chi connectivity index (χ0n) is 9.01. The highest BCUT2D eigenvalue weighted by atomic mass is 16.5. The highest BCUT2D eigenvalue weighted by Gasteiger charge is 2.38. The number of carbonyl (C=O) groups is 2. The molecule has 1 amide bonds. The summed E-state index contributed by atoms with van der Waals surface area (Å²) in [6.45, 7) is 0. The summed E-state index contributed by atoms with van der Waals surface area (Å²) in [7, 11) is 1.45. The molecule has 0 spiro atoms. The Bertz CT molecular complexity index is 463. The number of carboxylic acids is 1. The molecule has 3 N–H and O–H groups in total. The molecule has 0 bridgehead atoms. The maximum atomic E-state index is 11.7. The topological polar surface area (TPSA) is 101 Å². The third-order valence-corrected chi connectivity index (χ3v) is 2.40. The average molecular weight is 237 g/mol. The van der Waals surface area contributed by atoms with Gasteiger partial charge in [-0.1, -0.05) is 0 Å². The van der Waals surface area contributed by atoms with E-state index in [1.807, 2.05) is 0 Å². The van der Waals surface area contributed by atoms with Crippen LogP contribution in [0.3, 0.4) is 0 Å². The van der Waals surface area contributed by atoms with E-state index in [2.05, 4.69) is 15.6 Å². The Morgan fingerprint density at radius 3 is 3.12 bits per heavy atom. The van der Waals surface area contributed by atoms with Gasteiger partial charge in [0.15, 0.2) is 17.6 Å². The van der Waals surface area contributed by atoms with Crippen molar-refractivity contribution in [2.45, 2.75) is 12.1 Å². The van der Waals surface area contributed by atoms with Crippen molar-refractivity contribution in [2.75, 3.05) is 12.4 Å². The molecule has 17 heavy (non-hydrogen) atoms. The highest BCUT2D eigenvalue weighted by molar-refractivity contribution is 6.00. The number of nitrogens with zero attached hydrogens (tertiary/aromatic N) is 1. The number of nitrogens with one attached hydrogen (secondary N) is 2. The lowest BCUT2D eigenvalue weighted by Crippen LogP contribution is -2.54. The maximum absolute atomic E-state index is 11.7. The number of hydrogen-bond donors (Lipinski definition) is 3. The minimum Gasteiger partial charge on any atom is -0.480 e. The summed E-state index contributed by atoms with van der Waals surface area (Å²) in [5.74, 6) is -1.02. The molecule has 7 heteroatoms. The van der Waals surface area contributed by atoms with Gasteiger partial charge in [-0.15, -0.1) is 0 Å². The van der Waals surface area contributed by atoms with Crippen LogP contribution in [0.15, 0.2) is 18.3 Å². The predicted molar refractivity (Wildman–Crippen MR) is 57.8 cm³/mol. The fraction of sp³-hybridized carbons (Fsp3) is 0.300. The summed E-state index contributed by atoms with van der Waals surface area (Å²) < 4.78 is 5.34. The Morgan fingerprint density at radius 1 is 1.71 bits per heavy atom. The van der Waals surface area contributed by atoms with Crippen molar-refractivity contribution in [2.24, 2.45) is 0 Å². The minimum atomic E-state index is -1.15. The maximum Gasteiger partial charge on any atom is 0.325 e. The van der Waals surface area contributed by atoms with Crippen molar-refractivity contribution in [3.05, 3.63) is 18.3 Å². The predicted octanol–water partition coefficient (Wildman–Crippen LogP) is -0.546. The van der Waals surface area contributed by atoms with Crippen LogP contribution in [0, 0.1) is 0 Å². The first kappa shape index (κ1) is 11.3. The number of pyridine rings is 1. The number of amides is 1. The quantitative estimate of drug-likeness (QED) is 0.652. The second kappa shape index (κ2) is 4.38. The molecule has 0 aromatic carbocycles. The van der Waals surface area contributed by atoms with Crippen LogP contribution in [-0.4, -0.2) is 41.2 Å². The van der Waals surface area contributed by atoms with Crippen LogP contribution < -0.4 is 15.4 Å². The summed E-state index contributed by atoms with van der Waals surface area (Å²) in [6.07, 6.45) is 0.393. The lowest BCUT2D eigenvalue weighted by Gasteiger charge is -2.28. The average Bonchev–Trinajstić information content (AvgIpc) is 2.30. The van der Waals surface area contributed by atoms with Crippen LogP contribution in [0.2, 0.25) is 0 Å². The standard InChI is InChI=1S/C10H11N3O4/c1-11-6(10(15)16)7-9(14)13-8-5(17-7)3-2-4-12-8/h2-4,6-7,11H,1H3,(H,15,16)(H,12,13,14). The van der Waals surface area contributed by atoms with E-state index in [1.165, 1.54) is 13.2 Å². The Labute approximate surface area is 96.8 Å². The van der Waals surface area contributed by atoms with Crippen LogP contribution in [0.5, 0.6) is 5.75 Å². The van der Waals surface area contributed by atoms with E-state index in [0.717, 1.165) is 0 Å². The molecule has 1 aliphatic heterocycles. The van der Waals surface area contributed by atoms with E-state index in [9.17, 15) is 9.59 Å². The third-order valence-electron chi connectivity index (χ3n) is 2.40. The van der Waals surface area contributed by atoms with Gasteiger partial charge >= 0.3 is 5.97 Å². The van der Waals surface area contributed by atoms with E-state index in [4.69, 9.17) is 9.84 Å². The Balaban J connectivity index is 2.28. The Hall–Kier alpha value is -2.15. The van der Waals surface area contributed by atoms with E-state index in [0.29, 0.717) is 11.6 Å². The molecule has 0 saturated carbocycles. The highest BCUT2D eigenvalue weighted by Crippen LogP contribution is 2.27.